The zero-order valence-electron chi connectivity index (χ0n) is 24.3. The lowest BCUT2D eigenvalue weighted by atomic mass is 9.97. The molecule has 0 N–H and O–H groups in total. The summed E-state index contributed by atoms with van der Waals surface area (Å²) in [6.07, 6.45) is -3.74. The molecule has 1 heterocycles. The van der Waals surface area contributed by atoms with Crippen LogP contribution in [0.25, 0.3) is 22.3 Å². The van der Waals surface area contributed by atoms with Crippen molar-refractivity contribution in [1.29, 1.82) is 5.26 Å². The van der Waals surface area contributed by atoms with E-state index in [4.69, 9.17) is 19.5 Å². The number of nitrogens with zero attached hydrogens (tertiary/aromatic N) is 1. The Bertz CT molecular complexity index is 1740. The first-order chi connectivity index (χ1) is 22.0. The smallest absolute Gasteiger partial charge is 0.429 e. The van der Waals surface area contributed by atoms with Crippen LogP contribution < -0.4 is 4.74 Å². The maximum Gasteiger partial charge on any atom is 0.432 e. The molecule has 0 amide bonds. The van der Waals surface area contributed by atoms with Crippen LogP contribution in [0.2, 0.25) is 0 Å². The summed E-state index contributed by atoms with van der Waals surface area (Å²) in [4.78, 5) is 0. The van der Waals surface area contributed by atoms with Gasteiger partial charge in [-0.3, -0.25) is 0 Å². The van der Waals surface area contributed by atoms with Crippen LogP contribution in [0, 0.1) is 40.4 Å². The van der Waals surface area contributed by atoms with Crippen LogP contribution >= 0.6 is 0 Å². The quantitative estimate of drug-likeness (QED) is 0.127. The summed E-state index contributed by atoms with van der Waals surface area (Å²) in [5.74, 6) is -7.18. The maximum atomic E-state index is 15.2. The molecule has 4 aromatic carbocycles. The average molecular weight is 646 g/mol. The van der Waals surface area contributed by atoms with Crippen molar-refractivity contribution in [2.24, 2.45) is 0 Å². The summed E-state index contributed by atoms with van der Waals surface area (Å²) in [6.45, 7) is 3.18. The summed E-state index contributed by atoms with van der Waals surface area (Å²) in [5.41, 5.74) is -2.46. The Hall–Kier alpha value is -4.44. The van der Waals surface area contributed by atoms with Gasteiger partial charge in [0.15, 0.2) is 6.29 Å². The summed E-state index contributed by atoms with van der Waals surface area (Å²) in [6, 6.07) is 12.2. The molecule has 0 atom stereocenters. The lowest BCUT2D eigenvalue weighted by Crippen LogP contribution is -2.33. The fourth-order valence-electron chi connectivity index (χ4n) is 4.85. The predicted octanol–water partition coefficient (Wildman–Crippen LogP) is 8.95. The van der Waals surface area contributed by atoms with E-state index in [2.05, 4.69) is 4.74 Å². The normalized spacial score (nSPS) is 16.7. The molecular formula is C34H26F7NO4. The third-order valence-corrected chi connectivity index (χ3v) is 7.22. The van der Waals surface area contributed by atoms with E-state index >= 15 is 8.78 Å². The molecule has 12 heteroatoms. The zero-order valence-corrected chi connectivity index (χ0v) is 24.3. The Morgan fingerprint density at radius 1 is 0.783 bits per heavy atom. The number of alkyl halides is 2. The van der Waals surface area contributed by atoms with Crippen molar-refractivity contribution in [2.45, 2.75) is 38.3 Å². The van der Waals surface area contributed by atoms with Crippen molar-refractivity contribution in [2.75, 3.05) is 19.8 Å². The maximum absolute atomic E-state index is 15.2. The second-order valence-electron chi connectivity index (χ2n) is 10.5. The van der Waals surface area contributed by atoms with Crippen LogP contribution in [0.15, 0.2) is 66.7 Å². The highest BCUT2D eigenvalue weighted by Crippen LogP contribution is 2.38. The van der Waals surface area contributed by atoms with Crippen LogP contribution in [-0.2, 0) is 20.3 Å². The van der Waals surface area contributed by atoms with E-state index in [0.717, 1.165) is 37.1 Å². The molecule has 0 bridgehead atoms. The zero-order chi connectivity index (χ0) is 33.0. The van der Waals surface area contributed by atoms with Gasteiger partial charge in [-0.1, -0.05) is 37.6 Å². The van der Waals surface area contributed by atoms with Gasteiger partial charge in [-0.15, -0.1) is 0 Å². The number of ether oxygens (including phenoxy) is 4. The van der Waals surface area contributed by atoms with Crippen LogP contribution in [0.5, 0.6) is 5.75 Å². The molecule has 1 saturated heterocycles. The second-order valence-corrected chi connectivity index (χ2v) is 10.5. The van der Waals surface area contributed by atoms with Crippen LogP contribution in [0.3, 0.4) is 0 Å². The minimum atomic E-state index is -4.60. The number of unbranched alkanes of at least 4 members (excludes halogenated alkanes) is 1. The van der Waals surface area contributed by atoms with Gasteiger partial charge in [-0.05, 0) is 53.9 Å². The Morgan fingerprint density at radius 2 is 1.41 bits per heavy atom. The number of rotatable bonds is 10. The third kappa shape index (κ3) is 7.17. The number of nitriles is 1. The molecule has 0 unspecified atom stereocenters. The van der Waals surface area contributed by atoms with E-state index in [9.17, 15) is 22.0 Å². The lowest BCUT2D eigenvalue weighted by molar-refractivity contribution is -0.230. The molecule has 5 nitrogen and oxygen atoms in total. The Labute approximate surface area is 259 Å². The number of hydrogen-bond donors (Lipinski definition) is 0. The SMILES string of the molecule is CCCCOC1COC(c2ccc(-c3ccc(-c4cc(F)c(C(F)(F)Oc5ccc(C#N)c(F)c5)c(F)c4)c(F)c3)c(F)c2)OC1. The van der Waals surface area contributed by atoms with Gasteiger partial charge < -0.3 is 18.9 Å². The van der Waals surface area contributed by atoms with Crippen molar-refractivity contribution in [1.82, 2.24) is 0 Å². The van der Waals surface area contributed by atoms with E-state index in [-0.39, 0.29) is 36.0 Å². The number of hydrogen-bond acceptors (Lipinski definition) is 5. The molecule has 0 aromatic heterocycles. The molecule has 5 rings (SSSR count). The van der Waals surface area contributed by atoms with Gasteiger partial charge >= 0.3 is 6.11 Å². The van der Waals surface area contributed by atoms with Crippen molar-refractivity contribution in [3.05, 3.63) is 113 Å². The van der Waals surface area contributed by atoms with Crippen LogP contribution in [0.4, 0.5) is 30.7 Å². The van der Waals surface area contributed by atoms with Crippen LogP contribution in [0.1, 0.15) is 42.7 Å². The Kier molecular flexibility index (Phi) is 9.96. The minimum absolute atomic E-state index is 0.0227. The van der Waals surface area contributed by atoms with Crippen molar-refractivity contribution < 1.29 is 49.7 Å². The summed E-state index contributed by atoms with van der Waals surface area (Å²) in [7, 11) is 0. The first-order valence-electron chi connectivity index (χ1n) is 14.2. The summed E-state index contributed by atoms with van der Waals surface area (Å²) in [5, 5.41) is 8.77. The molecule has 0 aliphatic carbocycles. The summed E-state index contributed by atoms with van der Waals surface area (Å²) >= 11 is 0. The van der Waals surface area contributed by atoms with Gasteiger partial charge in [0.25, 0.3) is 0 Å². The Balaban J connectivity index is 1.32. The minimum Gasteiger partial charge on any atom is -0.429 e. The van der Waals surface area contributed by atoms with Gasteiger partial charge in [0, 0.05) is 29.4 Å². The molecule has 0 spiro atoms. The van der Waals surface area contributed by atoms with Crippen molar-refractivity contribution >= 4 is 0 Å². The van der Waals surface area contributed by atoms with Crippen molar-refractivity contribution in [3.8, 4) is 34.1 Å². The fraction of sp³-hybridized carbons (Fsp3) is 0.265. The van der Waals surface area contributed by atoms with E-state index in [1.165, 1.54) is 24.3 Å². The van der Waals surface area contributed by atoms with Gasteiger partial charge in [0.05, 0.1) is 18.8 Å². The number of benzene rings is 4. The average Bonchev–Trinajstić information content (AvgIpc) is 3.01. The first kappa shape index (κ1) is 32.9. The standard InChI is InChI=1S/C34H26F7NO4/c1-2-3-10-43-24-17-44-33(45-18-24)20-6-9-25(29(37)12-20)19-5-8-26(28(36)11-19)22-13-30(38)32(31(39)14-22)34(40,41)46-23-7-4-21(16-42)27(35)15-23/h4-9,11-15,24,33H,2-3,10,17-18H2,1H3. The van der Waals surface area contributed by atoms with E-state index < -0.39 is 63.9 Å². The predicted molar refractivity (Wildman–Crippen MR) is 152 cm³/mol. The Morgan fingerprint density at radius 3 is 2.02 bits per heavy atom. The van der Waals surface area contributed by atoms with Crippen LogP contribution in [-0.4, -0.2) is 25.9 Å². The van der Waals surface area contributed by atoms with Crippen molar-refractivity contribution in [3.63, 3.8) is 0 Å². The van der Waals surface area contributed by atoms with E-state index in [1.807, 2.05) is 6.92 Å². The van der Waals surface area contributed by atoms with Gasteiger partial charge in [-0.2, -0.15) is 14.0 Å². The van der Waals surface area contributed by atoms with E-state index in [0.29, 0.717) is 30.4 Å². The molecular weight excluding hydrogens is 619 g/mol. The van der Waals surface area contributed by atoms with Gasteiger partial charge in [0.2, 0.25) is 0 Å². The van der Waals surface area contributed by atoms with Gasteiger partial charge in [-0.25, -0.2) is 22.0 Å². The van der Waals surface area contributed by atoms with E-state index in [1.54, 1.807) is 6.07 Å². The second kappa shape index (κ2) is 13.9. The molecule has 0 saturated carbocycles. The molecule has 46 heavy (non-hydrogen) atoms. The molecule has 1 aliphatic rings. The molecule has 240 valence electrons. The number of halogens is 7. The summed E-state index contributed by atoms with van der Waals surface area (Å²) < 4.78 is 125. The van der Waals surface area contributed by atoms with Gasteiger partial charge in [0.1, 0.15) is 52.6 Å². The first-order valence-corrected chi connectivity index (χ1v) is 14.2. The lowest BCUT2D eigenvalue weighted by Gasteiger charge is -2.29. The molecule has 4 aromatic rings. The highest BCUT2D eigenvalue weighted by molar-refractivity contribution is 5.72. The fourth-order valence-corrected chi connectivity index (χ4v) is 4.85. The monoisotopic (exact) mass is 645 g/mol. The third-order valence-electron chi connectivity index (χ3n) is 7.22. The topological polar surface area (TPSA) is 60.7 Å². The highest BCUT2D eigenvalue weighted by atomic mass is 19.3. The molecule has 1 aliphatic heterocycles. The largest absolute Gasteiger partial charge is 0.432 e. The highest BCUT2D eigenvalue weighted by Gasteiger charge is 2.41. The molecule has 0 radical (unpaired) electrons. The molecule has 1 fully saturated rings.